The van der Waals surface area contributed by atoms with Crippen LogP contribution in [-0.2, 0) is 33.4 Å². The molecule has 0 aromatic carbocycles. The number of esters is 3. The van der Waals surface area contributed by atoms with Gasteiger partial charge in [-0.2, -0.15) is 0 Å². The molecule has 0 radical (unpaired) electrons. The van der Waals surface area contributed by atoms with Gasteiger partial charge in [-0.25, -0.2) is 0 Å². The number of rotatable bonds is 4. The third kappa shape index (κ3) is 3.97. The van der Waals surface area contributed by atoms with E-state index in [9.17, 15) is 19.2 Å². The number of fused-ring (bicyclic) bond motifs is 5. The minimum Gasteiger partial charge on any atom is -0.458 e. The number of Topliss-reactive ketones (excluding diaryl/α,β-unsaturated/α-hetero) is 1. The lowest BCUT2D eigenvalue weighted by Crippen LogP contribution is -2.64. The third-order valence-electron chi connectivity index (χ3n) is 10.0. The number of carbonyl (C=O) groups is 4. The number of carbonyl (C=O) groups excluding carboxylic acids is 4. The Morgan fingerprint density at radius 2 is 1.44 bits per heavy atom. The summed E-state index contributed by atoms with van der Waals surface area (Å²) in [5, 5.41) is 0. The minimum absolute atomic E-state index is 0.00255. The van der Waals surface area contributed by atoms with Crippen LogP contribution >= 0.6 is 0 Å². The summed E-state index contributed by atoms with van der Waals surface area (Å²) in [6.45, 7) is 10.7. The molecule has 0 bridgehead atoms. The molecule has 0 amide bonds. The number of ketones is 1. The van der Waals surface area contributed by atoms with Crippen LogP contribution in [0, 0.1) is 40.4 Å². The lowest BCUT2D eigenvalue weighted by Gasteiger charge is -2.62. The van der Waals surface area contributed by atoms with Crippen LogP contribution < -0.4 is 0 Å². The molecule has 34 heavy (non-hydrogen) atoms. The molecular formula is C27H40O7. The Bertz CT molecular complexity index is 867. The average molecular weight is 477 g/mol. The van der Waals surface area contributed by atoms with Crippen molar-refractivity contribution in [3.8, 4) is 0 Å². The molecule has 0 heterocycles. The Kier molecular flexibility index (Phi) is 6.62. The summed E-state index contributed by atoms with van der Waals surface area (Å²) in [5.74, 6) is 0.316. The zero-order valence-electron chi connectivity index (χ0n) is 21.4. The fourth-order valence-corrected chi connectivity index (χ4v) is 8.90. The van der Waals surface area contributed by atoms with Gasteiger partial charge in [-0.3, -0.25) is 19.2 Å². The molecule has 0 saturated heterocycles. The van der Waals surface area contributed by atoms with Crippen molar-refractivity contribution < 1.29 is 33.4 Å². The van der Waals surface area contributed by atoms with Crippen molar-refractivity contribution in [2.45, 2.75) is 105 Å². The fourth-order valence-electron chi connectivity index (χ4n) is 8.90. The monoisotopic (exact) mass is 476 g/mol. The molecule has 7 heteroatoms. The van der Waals surface area contributed by atoms with Crippen molar-refractivity contribution >= 4 is 23.7 Å². The van der Waals surface area contributed by atoms with Crippen molar-refractivity contribution in [1.29, 1.82) is 0 Å². The molecule has 0 aromatic rings. The summed E-state index contributed by atoms with van der Waals surface area (Å²) in [7, 11) is 0. The molecule has 0 unspecified atom stereocenters. The summed E-state index contributed by atoms with van der Waals surface area (Å²) in [6.07, 6.45) is 3.79. The standard InChI is InChI=1S/C27H40O7/c1-7-18-22(31)12-21-17-8-9-20-24(33-15(3)29)25(34-16(4)30)23(32-14(2)28)13-27(20,6)19(17)10-11-26(18,21)5/h17-21,23-25H,7-13H2,1-6H3/t17-,18+,19+,20+,21+,23-,24-,25-,26-,27-/m1/s1. The van der Waals surface area contributed by atoms with Crippen LogP contribution in [0.4, 0.5) is 0 Å². The van der Waals surface area contributed by atoms with Crippen molar-refractivity contribution in [2.75, 3.05) is 0 Å². The van der Waals surface area contributed by atoms with Gasteiger partial charge in [0.05, 0.1) is 0 Å². The van der Waals surface area contributed by atoms with Crippen LogP contribution in [0.1, 0.15) is 86.5 Å². The van der Waals surface area contributed by atoms with Gasteiger partial charge in [-0.1, -0.05) is 20.8 Å². The molecule has 7 nitrogen and oxygen atoms in total. The predicted molar refractivity (Wildman–Crippen MR) is 123 cm³/mol. The Morgan fingerprint density at radius 1 is 0.824 bits per heavy atom. The van der Waals surface area contributed by atoms with Gasteiger partial charge >= 0.3 is 17.9 Å². The van der Waals surface area contributed by atoms with Crippen molar-refractivity contribution in [1.82, 2.24) is 0 Å². The highest BCUT2D eigenvalue weighted by atomic mass is 16.6. The van der Waals surface area contributed by atoms with Gasteiger partial charge in [0.1, 0.15) is 18.0 Å². The maximum atomic E-state index is 12.9. The van der Waals surface area contributed by atoms with E-state index in [-0.39, 0.29) is 22.7 Å². The maximum absolute atomic E-state index is 12.9. The van der Waals surface area contributed by atoms with Gasteiger partial charge in [-0.15, -0.1) is 0 Å². The van der Waals surface area contributed by atoms with Crippen LogP contribution in [-0.4, -0.2) is 42.0 Å². The quantitative estimate of drug-likeness (QED) is 0.442. The maximum Gasteiger partial charge on any atom is 0.303 e. The fraction of sp³-hybridized carbons (Fsp3) is 0.852. The van der Waals surface area contributed by atoms with E-state index < -0.39 is 36.2 Å². The minimum atomic E-state index is -0.814. The highest BCUT2D eigenvalue weighted by molar-refractivity contribution is 5.84. The zero-order valence-corrected chi connectivity index (χ0v) is 21.4. The second kappa shape index (κ2) is 8.94. The Balaban J connectivity index is 1.71. The summed E-state index contributed by atoms with van der Waals surface area (Å²) in [6, 6.07) is 0. The molecule has 4 aliphatic carbocycles. The Hall–Kier alpha value is -1.92. The summed E-state index contributed by atoms with van der Waals surface area (Å²) >= 11 is 0. The van der Waals surface area contributed by atoms with Gasteiger partial charge in [0, 0.05) is 39.0 Å². The zero-order chi connectivity index (χ0) is 25.0. The van der Waals surface area contributed by atoms with Gasteiger partial charge in [0.15, 0.2) is 6.10 Å². The first kappa shape index (κ1) is 25.2. The molecule has 0 N–H and O–H groups in total. The van der Waals surface area contributed by atoms with Gasteiger partial charge in [0.2, 0.25) is 0 Å². The van der Waals surface area contributed by atoms with E-state index in [0.717, 1.165) is 32.1 Å². The molecule has 4 saturated carbocycles. The number of hydrogen-bond donors (Lipinski definition) is 0. The first-order chi connectivity index (χ1) is 15.9. The first-order valence-electron chi connectivity index (χ1n) is 13.0. The van der Waals surface area contributed by atoms with Gasteiger partial charge in [-0.05, 0) is 67.1 Å². The SMILES string of the molecule is CC[C@H]1C(=O)C[C@H]2[C@@H]3CC[C@H]4[C@@H](OC(C)=O)[C@H](OC(C)=O)[C@H](OC(C)=O)C[C@]4(C)[C@H]3CC[C@]12C. The van der Waals surface area contributed by atoms with Gasteiger partial charge < -0.3 is 14.2 Å². The van der Waals surface area contributed by atoms with Crippen LogP contribution in [0.3, 0.4) is 0 Å². The van der Waals surface area contributed by atoms with E-state index in [4.69, 9.17) is 14.2 Å². The Labute approximate surface area is 202 Å². The molecule has 4 fully saturated rings. The molecule has 0 aliphatic heterocycles. The molecular weight excluding hydrogens is 436 g/mol. The van der Waals surface area contributed by atoms with E-state index in [1.807, 2.05) is 0 Å². The largest absolute Gasteiger partial charge is 0.458 e. The second-order valence-corrected chi connectivity index (χ2v) is 11.7. The highest BCUT2D eigenvalue weighted by Crippen LogP contribution is 2.67. The average Bonchev–Trinajstić information content (AvgIpc) is 2.98. The van der Waals surface area contributed by atoms with E-state index in [2.05, 4.69) is 20.8 Å². The molecule has 190 valence electrons. The van der Waals surface area contributed by atoms with E-state index in [1.165, 1.54) is 20.8 Å². The van der Waals surface area contributed by atoms with Gasteiger partial charge in [0.25, 0.3) is 0 Å². The third-order valence-corrected chi connectivity index (χ3v) is 10.0. The van der Waals surface area contributed by atoms with Crippen LogP contribution in [0.2, 0.25) is 0 Å². The first-order valence-corrected chi connectivity index (χ1v) is 13.0. The lowest BCUT2D eigenvalue weighted by atomic mass is 9.44. The van der Waals surface area contributed by atoms with Crippen LogP contribution in [0.15, 0.2) is 0 Å². The molecule has 0 spiro atoms. The van der Waals surface area contributed by atoms with Crippen molar-refractivity contribution in [3.05, 3.63) is 0 Å². The summed E-state index contributed by atoms with van der Waals surface area (Å²) in [4.78, 5) is 49.0. The number of hydrogen-bond acceptors (Lipinski definition) is 7. The molecule has 4 rings (SSSR count). The Morgan fingerprint density at radius 3 is 2.03 bits per heavy atom. The van der Waals surface area contributed by atoms with E-state index in [0.29, 0.717) is 36.4 Å². The van der Waals surface area contributed by atoms with Crippen molar-refractivity contribution in [3.63, 3.8) is 0 Å². The highest BCUT2D eigenvalue weighted by Gasteiger charge is 2.65. The van der Waals surface area contributed by atoms with Crippen LogP contribution in [0.25, 0.3) is 0 Å². The second-order valence-electron chi connectivity index (χ2n) is 11.7. The predicted octanol–water partition coefficient (Wildman–Crippen LogP) is 4.25. The summed E-state index contributed by atoms with van der Waals surface area (Å²) in [5.41, 5.74) is -0.204. The lowest BCUT2D eigenvalue weighted by molar-refractivity contribution is -0.234. The topological polar surface area (TPSA) is 96.0 Å². The van der Waals surface area contributed by atoms with E-state index in [1.54, 1.807) is 0 Å². The molecule has 4 aliphatic rings. The van der Waals surface area contributed by atoms with E-state index >= 15 is 0 Å². The molecule has 10 atom stereocenters. The van der Waals surface area contributed by atoms with Crippen LogP contribution in [0.5, 0.6) is 0 Å². The number of ether oxygens (including phenoxy) is 3. The normalized spacial score (nSPS) is 45.4. The molecule has 0 aromatic heterocycles. The smallest absolute Gasteiger partial charge is 0.303 e. The summed E-state index contributed by atoms with van der Waals surface area (Å²) < 4.78 is 17.2. The van der Waals surface area contributed by atoms with Crippen molar-refractivity contribution in [2.24, 2.45) is 40.4 Å².